The van der Waals surface area contributed by atoms with Gasteiger partial charge in [0.25, 0.3) is 0 Å². The Morgan fingerprint density at radius 3 is 2.56 bits per heavy atom. The molecule has 1 aromatic heterocycles. The van der Waals surface area contributed by atoms with Gasteiger partial charge in [0.15, 0.2) is 0 Å². The molecular weight excluding hydrogens is 238 g/mol. The smallest absolute Gasteiger partial charge is 0.0673 e. The Labute approximate surface area is 114 Å². The molecule has 1 N–H and O–H groups in total. The van der Waals surface area contributed by atoms with Crippen LogP contribution in [0.1, 0.15) is 42.3 Å². The Balaban J connectivity index is 2.31. The van der Waals surface area contributed by atoms with Crippen LogP contribution in [-0.2, 0) is 6.42 Å². The molecule has 2 heteroatoms. The largest absolute Gasteiger partial charge is 0.306 e. The number of rotatable bonds is 6. The van der Waals surface area contributed by atoms with Crippen molar-refractivity contribution >= 4 is 11.3 Å². The molecule has 1 nitrogen and oxygen atoms in total. The normalized spacial score (nSPS) is 12.6. The zero-order valence-corrected chi connectivity index (χ0v) is 12.0. The van der Waals surface area contributed by atoms with Gasteiger partial charge in [-0.3, -0.25) is 0 Å². The lowest BCUT2D eigenvalue weighted by Gasteiger charge is -2.19. The zero-order valence-electron chi connectivity index (χ0n) is 11.1. The van der Waals surface area contributed by atoms with Gasteiger partial charge < -0.3 is 5.32 Å². The second-order valence-corrected chi connectivity index (χ2v) is 5.41. The number of hydrogen-bond acceptors (Lipinski definition) is 2. The molecule has 1 aromatic carbocycles. The van der Waals surface area contributed by atoms with E-state index in [4.69, 9.17) is 0 Å². The number of benzene rings is 1. The first-order valence-electron chi connectivity index (χ1n) is 6.71. The van der Waals surface area contributed by atoms with Crippen LogP contribution in [0.25, 0.3) is 0 Å². The van der Waals surface area contributed by atoms with Crippen LogP contribution in [0.2, 0.25) is 0 Å². The van der Waals surface area contributed by atoms with E-state index in [1.807, 2.05) is 11.3 Å². The molecule has 0 aliphatic carbocycles. The van der Waals surface area contributed by atoms with E-state index in [9.17, 15) is 0 Å². The van der Waals surface area contributed by atoms with Crippen molar-refractivity contribution in [1.82, 2.24) is 5.32 Å². The predicted octanol–water partition coefficient (Wildman–Crippen LogP) is 4.40. The standard InChI is InChI=1S/C16H21NS/c1-3-11-17-15(14-8-6-5-7-9-14)16-13(4-2)10-12-18-16/h5-10,12,15,17H,3-4,11H2,1-2H3. The summed E-state index contributed by atoms with van der Waals surface area (Å²) in [5.41, 5.74) is 2.83. The average Bonchev–Trinajstić information content (AvgIpc) is 2.89. The third-order valence-corrected chi connectivity index (χ3v) is 4.18. The second kappa shape index (κ2) is 6.72. The zero-order chi connectivity index (χ0) is 12.8. The first kappa shape index (κ1) is 13.3. The van der Waals surface area contributed by atoms with Gasteiger partial charge in [0.05, 0.1) is 6.04 Å². The van der Waals surface area contributed by atoms with Gasteiger partial charge in [0.2, 0.25) is 0 Å². The SMILES string of the molecule is CCCNC(c1ccccc1)c1sccc1CC. The molecule has 0 bridgehead atoms. The highest BCUT2D eigenvalue weighted by Gasteiger charge is 2.17. The Morgan fingerprint density at radius 2 is 1.89 bits per heavy atom. The second-order valence-electron chi connectivity index (χ2n) is 4.46. The third-order valence-electron chi connectivity index (χ3n) is 3.16. The van der Waals surface area contributed by atoms with Crippen molar-refractivity contribution in [2.75, 3.05) is 6.54 Å². The number of hydrogen-bond donors (Lipinski definition) is 1. The lowest BCUT2D eigenvalue weighted by Crippen LogP contribution is -2.23. The summed E-state index contributed by atoms with van der Waals surface area (Å²) >= 11 is 1.87. The van der Waals surface area contributed by atoms with Gasteiger partial charge in [-0.1, -0.05) is 44.2 Å². The highest BCUT2D eigenvalue weighted by Crippen LogP contribution is 2.30. The van der Waals surface area contributed by atoms with E-state index in [1.165, 1.54) is 16.0 Å². The Hall–Kier alpha value is -1.12. The van der Waals surface area contributed by atoms with E-state index >= 15 is 0 Å². The van der Waals surface area contributed by atoms with E-state index in [2.05, 4.69) is 60.9 Å². The highest BCUT2D eigenvalue weighted by atomic mass is 32.1. The van der Waals surface area contributed by atoms with Gasteiger partial charge in [0, 0.05) is 4.88 Å². The van der Waals surface area contributed by atoms with E-state index in [-0.39, 0.29) is 0 Å². The summed E-state index contributed by atoms with van der Waals surface area (Å²) in [6.07, 6.45) is 2.27. The van der Waals surface area contributed by atoms with Crippen LogP contribution in [0, 0.1) is 0 Å². The molecule has 0 fully saturated rings. The highest BCUT2D eigenvalue weighted by molar-refractivity contribution is 7.10. The van der Waals surface area contributed by atoms with Crippen LogP contribution in [0.15, 0.2) is 41.8 Å². The molecule has 2 rings (SSSR count). The third kappa shape index (κ3) is 3.01. The van der Waals surface area contributed by atoms with Crippen molar-refractivity contribution in [2.45, 2.75) is 32.7 Å². The number of aryl methyl sites for hydroxylation is 1. The molecular formula is C16H21NS. The fraction of sp³-hybridized carbons (Fsp3) is 0.375. The van der Waals surface area contributed by atoms with Crippen molar-refractivity contribution in [2.24, 2.45) is 0 Å². The molecule has 0 radical (unpaired) electrons. The van der Waals surface area contributed by atoms with Crippen LogP contribution in [0.3, 0.4) is 0 Å². The van der Waals surface area contributed by atoms with Crippen LogP contribution < -0.4 is 5.32 Å². The summed E-state index contributed by atoms with van der Waals surface area (Å²) in [4.78, 5) is 1.47. The summed E-state index contributed by atoms with van der Waals surface area (Å²) in [7, 11) is 0. The van der Waals surface area contributed by atoms with Crippen molar-refractivity contribution in [3.05, 3.63) is 57.8 Å². The van der Waals surface area contributed by atoms with Gasteiger partial charge in [-0.15, -0.1) is 11.3 Å². The first-order valence-corrected chi connectivity index (χ1v) is 7.59. The first-order chi connectivity index (χ1) is 8.86. The number of nitrogens with one attached hydrogen (secondary N) is 1. The van der Waals surface area contributed by atoms with Crippen LogP contribution in [-0.4, -0.2) is 6.54 Å². The van der Waals surface area contributed by atoms with Crippen molar-refractivity contribution < 1.29 is 0 Å². The molecule has 0 spiro atoms. The van der Waals surface area contributed by atoms with Gasteiger partial charge in [0.1, 0.15) is 0 Å². The Morgan fingerprint density at radius 1 is 1.11 bits per heavy atom. The fourth-order valence-electron chi connectivity index (χ4n) is 2.19. The molecule has 0 aliphatic heterocycles. The fourth-order valence-corrected chi connectivity index (χ4v) is 3.29. The summed E-state index contributed by atoms with van der Waals surface area (Å²) < 4.78 is 0. The molecule has 96 valence electrons. The molecule has 2 aromatic rings. The van der Waals surface area contributed by atoms with E-state index in [1.54, 1.807) is 0 Å². The maximum atomic E-state index is 3.67. The minimum Gasteiger partial charge on any atom is -0.306 e. The molecule has 1 atom stereocenters. The lowest BCUT2D eigenvalue weighted by atomic mass is 10.0. The van der Waals surface area contributed by atoms with Crippen molar-refractivity contribution in [1.29, 1.82) is 0 Å². The lowest BCUT2D eigenvalue weighted by molar-refractivity contribution is 0.602. The van der Waals surface area contributed by atoms with Crippen molar-refractivity contribution in [3.8, 4) is 0 Å². The van der Waals surface area contributed by atoms with E-state index in [0.717, 1.165) is 19.4 Å². The molecule has 1 unspecified atom stereocenters. The summed E-state index contributed by atoms with van der Waals surface area (Å²) in [5.74, 6) is 0. The molecule has 0 saturated carbocycles. The van der Waals surface area contributed by atoms with Gasteiger partial charge >= 0.3 is 0 Å². The van der Waals surface area contributed by atoms with Crippen LogP contribution >= 0.6 is 11.3 Å². The summed E-state index contributed by atoms with van der Waals surface area (Å²) in [6, 6.07) is 13.4. The minimum atomic E-state index is 0.348. The average molecular weight is 259 g/mol. The van der Waals surface area contributed by atoms with Gasteiger partial charge in [-0.2, -0.15) is 0 Å². The quantitative estimate of drug-likeness (QED) is 0.811. The van der Waals surface area contributed by atoms with Gasteiger partial charge in [-0.25, -0.2) is 0 Å². The topological polar surface area (TPSA) is 12.0 Å². The summed E-state index contributed by atoms with van der Waals surface area (Å²) in [6.45, 7) is 5.50. The Bertz CT molecular complexity index is 461. The Kier molecular flexibility index (Phi) is 4.97. The molecule has 18 heavy (non-hydrogen) atoms. The van der Waals surface area contributed by atoms with E-state index in [0.29, 0.717) is 6.04 Å². The maximum absolute atomic E-state index is 3.67. The number of thiophene rings is 1. The molecule has 1 heterocycles. The minimum absolute atomic E-state index is 0.348. The van der Waals surface area contributed by atoms with Crippen LogP contribution in [0.5, 0.6) is 0 Å². The molecule has 0 saturated heterocycles. The molecule has 0 aliphatic rings. The summed E-state index contributed by atoms with van der Waals surface area (Å²) in [5, 5.41) is 5.88. The monoisotopic (exact) mass is 259 g/mol. The van der Waals surface area contributed by atoms with E-state index < -0.39 is 0 Å². The molecule has 0 amide bonds. The van der Waals surface area contributed by atoms with Gasteiger partial charge in [-0.05, 0) is 42.0 Å². The predicted molar refractivity (Wildman–Crippen MR) is 80.3 cm³/mol. The maximum Gasteiger partial charge on any atom is 0.0673 e. The van der Waals surface area contributed by atoms with Crippen molar-refractivity contribution in [3.63, 3.8) is 0 Å². The van der Waals surface area contributed by atoms with Crippen LogP contribution in [0.4, 0.5) is 0 Å².